The molecule has 0 aromatic carbocycles. The van der Waals surface area contributed by atoms with E-state index < -0.39 is 5.97 Å². The Balaban J connectivity index is 1.14. The van der Waals surface area contributed by atoms with Crippen LogP contribution >= 0.6 is 0 Å². The average Bonchev–Trinajstić information content (AvgIpc) is 3.67. The smallest absolute Gasteiger partial charge is 0.306 e. The molecule has 3 aromatic heterocycles. The maximum Gasteiger partial charge on any atom is 0.306 e. The highest BCUT2D eigenvalue weighted by Gasteiger charge is 2.58. The number of fused-ring (bicyclic) bond motifs is 1. The molecule has 0 spiro atoms. The molecule has 0 bridgehead atoms. The van der Waals surface area contributed by atoms with Crippen molar-refractivity contribution in [2.45, 2.75) is 51.7 Å². The number of carboxylic acid groups (broad SMARTS) is 1. The number of hydrogen-bond donors (Lipinski definition) is 2. The van der Waals surface area contributed by atoms with Gasteiger partial charge in [0.15, 0.2) is 0 Å². The standard InChI is InChI=1S/C23H27N7O4/c1-11-18(33-19-9-15(22(31)32)13-8-14(13)19)6-5-16(25-11)21-17(30(2)29-27-21)10-24-23-26-20(34-28-23)7-12-3-4-12/h5-6,12-15,19H,3-4,7-10H2,1-2H3,(H,24,28)(H,31,32)/t13-,14+,15+,19+/m1/s1. The number of ether oxygens (including phenoxy) is 1. The number of nitrogens with one attached hydrogen (secondary N) is 1. The van der Waals surface area contributed by atoms with Gasteiger partial charge in [0.25, 0.3) is 5.95 Å². The molecule has 6 rings (SSSR count). The largest absolute Gasteiger partial charge is 0.488 e. The van der Waals surface area contributed by atoms with E-state index in [1.54, 1.807) is 4.68 Å². The Morgan fingerprint density at radius 2 is 2.12 bits per heavy atom. The number of nitrogens with zero attached hydrogens (tertiary/aromatic N) is 6. The molecular weight excluding hydrogens is 438 g/mol. The van der Waals surface area contributed by atoms with Gasteiger partial charge < -0.3 is 19.7 Å². The summed E-state index contributed by atoms with van der Waals surface area (Å²) >= 11 is 0. The first-order valence-corrected chi connectivity index (χ1v) is 11.8. The van der Waals surface area contributed by atoms with Crippen LogP contribution in [0.2, 0.25) is 0 Å². The quantitative estimate of drug-likeness (QED) is 0.484. The zero-order valence-corrected chi connectivity index (χ0v) is 19.1. The number of aliphatic carboxylic acids is 1. The number of aryl methyl sites for hydroxylation is 2. The summed E-state index contributed by atoms with van der Waals surface area (Å²) in [5.74, 6) is 2.07. The number of anilines is 1. The fourth-order valence-corrected chi connectivity index (χ4v) is 5.03. The molecule has 178 valence electrons. The van der Waals surface area contributed by atoms with E-state index >= 15 is 0 Å². The Morgan fingerprint density at radius 3 is 2.85 bits per heavy atom. The summed E-state index contributed by atoms with van der Waals surface area (Å²) in [7, 11) is 1.83. The summed E-state index contributed by atoms with van der Waals surface area (Å²) in [6.07, 6.45) is 4.74. The van der Waals surface area contributed by atoms with E-state index in [0.29, 0.717) is 53.8 Å². The van der Waals surface area contributed by atoms with Gasteiger partial charge in [-0.05, 0) is 67.7 Å². The third-order valence-electron chi connectivity index (χ3n) is 7.23. The number of carbonyl (C=O) groups is 1. The van der Waals surface area contributed by atoms with E-state index in [2.05, 4.69) is 25.8 Å². The molecule has 11 heteroatoms. The molecule has 0 amide bonds. The maximum atomic E-state index is 11.4. The first kappa shape index (κ1) is 21.1. The van der Waals surface area contributed by atoms with Crippen LogP contribution in [0.1, 0.15) is 43.0 Å². The molecule has 2 N–H and O–H groups in total. The minimum atomic E-state index is -0.715. The highest BCUT2D eigenvalue weighted by Crippen LogP contribution is 2.56. The van der Waals surface area contributed by atoms with Gasteiger partial charge >= 0.3 is 5.97 Å². The molecule has 3 saturated carbocycles. The van der Waals surface area contributed by atoms with E-state index in [-0.39, 0.29) is 17.9 Å². The van der Waals surface area contributed by atoms with E-state index in [1.807, 2.05) is 26.1 Å². The number of pyridine rings is 1. The fraction of sp³-hybridized carbons (Fsp3) is 0.565. The SMILES string of the molecule is Cc1nc(-c2nnn(C)c2CNc2noc(CC3CC3)n2)ccc1O[C@H]1C[C@H](C(=O)O)[C@@H]2C[C@@H]21. The van der Waals surface area contributed by atoms with Crippen LogP contribution in [0.25, 0.3) is 11.4 Å². The fourth-order valence-electron chi connectivity index (χ4n) is 5.03. The Morgan fingerprint density at radius 1 is 1.26 bits per heavy atom. The summed E-state index contributed by atoms with van der Waals surface area (Å²) in [5.41, 5.74) is 2.94. The van der Waals surface area contributed by atoms with Gasteiger partial charge in [0.1, 0.15) is 17.5 Å². The third-order valence-corrected chi connectivity index (χ3v) is 7.23. The van der Waals surface area contributed by atoms with E-state index in [1.165, 1.54) is 12.8 Å². The van der Waals surface area contributed by atoms with E-state index in [9.17, 15) is 9.90 Å². The molecule has 11 nitrogen and oxygen atoms in total. The van der Waals surface area contributed by atoms with Crippen LogP contribution in [0.4, 0.5) is 5.95 Å². The molecule has 3 aromatic rings. The lowest BCUT2D eigenvalue weighted by Gasteiger charge is -2.18. The second kappa shape index (κ2) is 8.07. The summed E-state index contributed by atoms with van der Waals surface area (Å²) in [4.78, 5) is 20.6. The van der Waals surface area contributed by atoms with Crippen molar-refractivity contribution >= 4 is 11.9 Å². The van der Waals surface area contributed by atoms with Gasteiger partial charge in [-0.25, -0.2) is 9.67 Å². The number of aromatic nitrogens is 6. The Bertz CT molecular complexity index is 1230. The molecule has 3 aliphatic carbocycles. The summed E-state index contributed by atoms with van der Waals surface area (Å²) < 4.78 is 13.2. The van der Waals surface area contributed by atoms with E-state index in [0.717, 1.165) is 24.2 Å². The van der Waals surface area contributed by atoms with Crippen LogP contribution < -0.4 is 10.1 Å². The Hall–Kier alpha value is -3.50. The van der Waals surface area contributed by atoms with Crippen molar-refractivity contribution in [2.24, 2.45) is 30.7 Å². The third kappa shape index (κ3) is 3.99. The summed E-state index contributed by atoms with van der Waals surface area (Å²) in [6, 6.07) is 3.75. The highest BCUT2D eigenvalue weighted by atomic mass is 16.5. The summed E-state index contributed by atoms with van der Waals surface area (Å²) in [5, 5.41) is 25.1. The van der Waals surface area contributed by atoms with Gasteiger partial charge in [0, 0.05) is 13.5 Å². The molecule has 34 heavy (non-hydrogen) atoms. The monoisotopic (exact) mass is 465 g/mol. The molecule has 3 heterocycles. The van der Waals surface area contributed by atoms with Gasteiger partial charge in [0.2, 0.25) is 5.89 Å². The molecule has 0 saturated heterocycles. The average molecular weight is 466 g/mol. The van der Waals surface area contributed by atoms with Gasteiger partial charge in [-0.1, -0.05) is 5.21 Å². The molecule has 0 radical (unpaired) electrons. The van der Waals surface area contributed by atoms with Gasteiger partial charge in [-0.2, -0.15) is 4.98 Å². The normalized spacial score (nSPS) is 25.2. The van der Waals surface area contributed by atoms with Crippen LogP contribution in [-0.4, -0.2) is 47.3 Å². The molecular formula is C23H27N7O4. The maximum absolute atomic E-state index is 11.4. The molecule has 3 fully saturated rings. The highest BCUT2D eigenvalue weighted by molar-refractivity contribution is 5.71. The van der Waals surface area contributed by atoms with Crippen molar-refractivity contribution in [1.29, 1.82) is 0 Å². The van der Waals surface area contributed by atoms with Crippen molar-refractivity contribution in [3.8, 4) is 17.1 Å². The molecule has 0 unspecified atom stereocenters. The summed E-state index contributed by atoms with van der Waals surface area (Å²) in [6.45, 7) is 2.31. The minimum Gasteiger partial charge on any atom is -0.488 e. The zero-order valence-electron chi connectivity index (χ0n) is 19.1. The minimum absolute atomic E-state index is 0.0616. The lowest BCUT2D eigenvalue weighted by atomic mass is 10.0. The van der Waals surface area contributed by atoms with Gasteiger partial charge in [-0.3, -0.25) is 4.79 Å². The van der Waals surface area contributed by atoms with Crippen LogP contribution in [-0.2, 0) is 24.8 Å². The Labute approximate surface area is 195 Å². The second-order valence-corrected chi connectivity index (χ2v) is 9.70. The van der Waals surface area contributed by atoms with E-state index in [4.69, 9.17) is 14.2 Å². The van der Waals surface area contributed by atoms with Crippen molar-refractivity contribution in [3.05, 3.63) is 29.4 Å². The number of hydrogen-bond acceptors (Lipinski definition) is 9. The predicted octanol–water partition coefficient (Wildman–Crippen LogP) is 2.62. The van der Waals surface area contributed by atoms with Crippen LogP contribution in [0.3, 0.4) is 0 Å². The van der Waals surface area contributed by atoms with Crippen LogP contribution in [0, 0.1) is 30.6 Å². The lowest BCUT2D eigenvalue weighted by molar-refractivity contribution is -0.142. The molecule has 4 atom stereocenters. The second-order valence-electron chi connectivity index (χ2n) is 9.70. The zero-order chi connectivity index (χ0) is 23.4. The van der Waals surface area contributed by atoms with Crippen molar-refractivity contribution in [1.82, 2.24) is 30.1 Å². The first-order valence-electron chi connectivity index (χ1n) is 11.8. The van der Waals surface area contributed by atoms with Crippen LogP contribution in [0.5, 0.6) is 5.75 Å². The lowest BCUT2D eigenvalue weighted by Crippen LogP contribution is -2.21. The predicted molar refractivity (Wildman–Crippen MR) is 119 cm³/mol. The van der Waals surface area contributed by atoms with Crippen LogP contribution in [0.15, 0.2) is 16.7 Å². The molecule has 3 aliphatic rings. The van der Waals surface area contributed by atoms with Crippen molar-refractivity contribution in [3.63, 3.8) is 0 Å². The Kier molecular flexibility index (Phi) is 5.00. The number of carboxylic acids is 1. The van der Waals surface area contributed by atoms with Crippen molar-refractivity contribution < 1.29 is 19.2 Å². The van der Waals surface area contributed by atoms with Gasteiger partial charge in [0.05, 0.1) is 29.5 Å². The van der Waals surface area contributed by atoms with Gasteiger partial charge in [-0.15, -0.1) is 5.10 Å². The molecule has 0 aliphatic heterocycles. The first-order chi connectivity index (χ1) is 16.5. The number of rotatable bonds is 9. The van der Waals surface area contributed by atoms with Crippen molar-refractivity contribution in [2.75, 3.05) is 5.32 Å². The topological polar surface area (TPSA) is 141 Å².